The third kappa shape index (κ3) is 2.52. The van der Waals surface area contributed by atoms with Gasteiger partial charge in [-0.3, -0.25) is 9.59 Å². The molecule has 3 rings (SSSR count). The molecule has 1 aliphatic heterocycles. The monoisotopic (exact) mass is 351 g/mol. The van der Waals surface area contributed by atoms with Crippen molar-refractivity contribution in [2.75, 3.05) is 31.4 Å². The Kier molecular flexibility index (Phi) is 4.02. The highest BCUT2D eigenvalue weighted by atomic mass is 35.5. The van der Waals surface area contributed by atoms with Crippen molar-refractivity contribution < 1.29 is 14.3 Å². The van der Waals surface area contributed by atoms with Gasteiger partial charge in [-0.05, 0) is 0 Å². The second-order valence-corrected chi connectivity index (χ2v) is 5.41. The summed E-state index contributed by atoms with van der Waals surface area (Å²) in [6.07, 6.45) is 1.43. The molecule has 3 N–H and O–H groups in total. The van der Waals surface area contributed by atoms with Crippen LogP contribution < -0.4 is 25.5 Å². The lowest BCUT2D eigenvalue weighted by atomic mass is 10.2. The van der Waals surface area contributed by atoms with E-state index in [2.05, 4.69) is 15.0 Å². The smallest absolute Gasteiger partial charge is 0.265 e. The maximum Gasteiger partial charge on any atom is 0.265 e. The van der Waals surface area contributed by atoms with Crippen molar-refractivity contribution in [3.05, 3.63) is 32.8 Å². The molecule has 0 radical (unpaired) electrons. The Balaban J connectivity index is 2.02. The minimum Gasteiger partial charge on any atom is -0.491 e. The average molecular weight is 352 g/mol. The minimum atomic E-state index is -0.389. The standard InChI is InChI=1S/C14H14ClN5O4/c1-23-8-3-17-6(11(24-2)10(8)22)4-20-5-7(21)9-12(15)18-14(16)19-13(9)20/h3H,4-5H2,1-2H3,(H,17,22)(H2,16,18,19). The Labute approximate surface area is 141 Å². The number of nitrogens with one attached hydrogen (secondary N) is 1. The highest BCUT2D eigenvalue weighted by molar-refractivity contribution is 6.34. The van der Waals surface area contributed by atoms with E-state index in [0.29, 0.717) is 11.5 Å². The van der Waals surface area contributed by atoms with Gasteiger partial charge in [0.15, 0.2) is 17.3 Å². The molecule has 0 aliphatic carbocycles. The molecule has 1 aliphatic rings. The molecule has 0 unspecified atom stereocenters. The van der Waals surface area contributed by atoms with Crippen LogP contribution in [0.25, 0.3) is 0 Å². The van der Waals surface area contributed by atoms with Gasteiger partial charge in [0.1, 0.15) is 11.0 Å². The number of fused-ring (bicyclic) bond motifs is 1. The molecule has 0 atom stereocenters. The van der Waals surface area contributed by atoms with E-state index in [1.807, 2.05) is 0 Å². The van der Waals surface area contributed by atoms with Crippen molar-refractivity contribution in [3.8, 4) is 11.5 Å². The van der Waals surface area contributed by atoms with E-state index in [-0.39, 0.29) is 52.5 Å². The third-order valence-corrected chi connectivity index (χ3v) is 3.90. The molecule has 0 aromatic carbocycles. The van der Waals surface area contributed by atoms with Gasteiger partial charge < -0.3 is 25.1 Å². The molecule has 0 bridgehead atoms. The number of carbonyl (C=O) groups is 1. The molecule has 0 saturated heterocycles. The fraction of sp³-hybridized carbons (Fsp3) is 0.286. The summed E-state index contributed by atoms with van der Waals surface area (Å²) >= 11 is 5.98. The van der Waals surface area contributed by atoms with Gasteiger partial charge in [-0.1, -0.05) is 11.6 Å². The van der Waals surface area contributed by atoms with Gasteiger partial charge in [-0.25, -0.2) is 4.98 Å². The van der Waals surface area contributed by atoms with Crippen LogP contribution in [0.4, 0.5) is 11.8 Å². The zero-order valence-electron chi connectivity index (χ0n) is 12.9. The predicted molar refractivity (Wildman–Crippen MR) is 87.0 cm³/mol. The second-order valence-electron chi connectivity index (χ2n) is 5.05. The topological polar surface area (TPSA) is 123 Å². The van der Waals surface area contributed by atoms with Gasteiger partial charge in [-0.15, -0.1) is 0 Å². The van der Waals surface area contributed by atoms with Crippen LogP contribution in [0.2, 0.25) is 5.15 Å². The maximum absolute atomic E-state index is 12.2. The van der Waals surface area contributed by atoms with Crippen LogP contribution in [0.3, 0.4) is 0 Å². The Hall–Kier alpha value is -2.81. The summed E-state index contributed by atoms with van der Waals surface area (Å²) < 4.78 is 10.1. The van der Waals surface area contributed by atoms with Gasteiger partial charge in [0.25, 0.3) is 5.43 Å². The van der Waals surface area contributed by atoms with E-state index in [9.17, 15) is 9.59 Å². The largest absolute Gasteiger partial charge is 0.491 e. The summed E-state index contributed by atoms with van der Waals surface area (Å²) in [5.74, 6) is 0.307. The number of Topliss-reactive ketones (excluding diaryl/α,β-unsaturated/α-hetero) is 1. The number of anilines is 2. The number of nitrogens with zero attached hydrogens (tertiary/aromatic N) is 3. The summed E-state index contributed by atoms with van der Waals surface area (Å²) in [6, 6.07) is 0. The molecule has 0 spiro atoms. The molecule has 3 heterocycles. The van der Waals surface area contributed by atoms with Crippen LogP contribution in [0.5, 0.6) is 11.5 Å². The number of hydrogen-bond acceptors (Lipinski definition) is 8. The van der Waals surface area contributed by atoms with Crippen molar-refractivity contribution >= 4 is 29.2 Å². The Bertz CT molecular complexity index is 882. The van der Waals surface area contributed by atoms with Crippen molar-refractivity contribution in [3.63, 3.8) is 0 Å². The van der Waals surface area contributed by atoms with Crippen LogP contribution in [-0.2, 0) is 6.54 Å². The number of aromatic amines is 1. The van der Waals surface area contributed by atoms with Crippen LogP contribution in [-0.4, -0.2) is 41.5 Å². The van der Waals surface area contributed by atoms with E-state index in [0.717, 1.165) is 0 Å². The minimum absolute atomic E-state index is 0.0141. The number of nitrogen functional groups attached to an aromatic ring is 1. The van der Waals surface area contributed by atoms with Crippen LogP contribution >= 0.6 is 11.6 Å². The second kappa shape index (κ2) is 6.00. The Morgan fingerprint density at radius 1 is 1.33 bits per heavy atom. The highest BCUT2D eigenvalue weighted by Crippen LogP contribution is 2.32. The SMILES string of the molecule is COc1c[nH]c(CN2CC(=O)c3c(Cl)nc(N)nc32)c(OC)c1=O. The molecule has 2 aromatic rings. The number of H-pyrrole nitrogens is 1. The van der Waals surface area contributed by atoms with E-state index >= 15 is 0 Å². The number of nitrogens with two attached hydrogens (primary N) is 1. The van der Waals surface area contributed by atoms with E-state index in [1.165, 1.54) is 20.4 Å². The zero-order chi connectivity index (χ0) is 17.4. The molecule has 0 amide bonds. The Morgan fingerprint density at radius 2 is 2.08 bits per heavy atom. The lowest BCUT2D eigenvalue weighted by Crippen LogP contribution is -2.25. The van der Waals surface area contributed by atoms with Crippen molar-refractivity contribution in [1.82, 2.24) is 15.0 Å². The number of ketones is 1. The lowest BCUT2D eigenvalue weighted by Gasteiger charge is -2.19. The van der Waals surface area contributed by atoms with E-state index in [4.69, 9.17) is 26.8 Å². The quantitative estimate of drug-likeness (QED) is 0.768. The van der Waals surface area contributed by atoms with E-state index < -0.39 is 0 Å². The van der Waals surface area contributed by atoms with Crippen molar-refractivity contribution in [2.24, 2.45) is 0 Å². The molecular weight excluding hydrogens is 338 g/mol. The number of carbonyl (C=O) groups excluding carboxylic acids is 1. The molecular formula is C14H14ClN5O4. The fourth-order valence-electron chi connectivity index (χ4n) is 2.57. The predicted octanol–water partition coefficient (Wildman–Crippen LogP) is 0.621. The average Bonchev–Trinajstić information content (AvgIpc) is 2.84. The molecule has 0 fully saturated rings. The van der Waals surface area contributed by atoms with Crippen molar-refractivity contribution in [2.45, 2.75) is 6.54 Å². The normalized spacial score (nSPS) is 13.1. The first-order chi connectivity index (χ1) is 11.5. The van der Waals surface area contributed by atoms with Gasteiger partial charge >= 0.3 is 0 Å². The van der Waals surface area contributed by atoms with E-state index in [1.54, 1.807) is 4.90 Å². The number of methoxy groups -OCH3 is 2. The summed E-state index contributed by atoms with van der Waals surface area (Å²) in [7, 11) is 2.77. The van der Waals surface area contributed by atoms with Gasteiger partial charge in [0.05, 0.1) is 38.6 Å². The summed E-state index contributed by atoms with van der Waals surface area (Å²) in [6.45, 7) is 0.221. The number of halogens is 1. The first-order valence-electron chi connectivity index (χ1n) is 6.90. The van der Waals surface area contributed by atoms with Crippen molar-refractivity contribution in [1.29, 1.82) is 0 Å². The molecule has 2 aromatic heterocycles. The number of pyridine rings is 1. The van der Waals surface area contributed by atoms with Crippen LogP contribution in [0.15, 0.2) is 11.0 Å². The first kappa shape index (κ1) is 16.1. The molecule has 24 heavy (non-hydrogen) atoms. The number of ether oxygens (including phenoxy) is 2. The zero-order valence-corrected chi connectivity index (χ0v) is 13.7. The lowest BCUT2D eigenvalue weighted by molar-refractivity contribution is 0.101. The summed E-state index contributed by atoms with van der Waals surface area (Å²) in [5.41, 5.74) is 5.91. The van der Waals surface area contributed by atoms with Gasteiger partial charge in [0.2, 0.25) is 5.95 Å². The molecule has 9 nitrogen and oxygen atoms in total. The third-order valence-electron chi connectivity index (χ3n) is 3.63. The highest BCUT2D eigenvalue weighted by Gasteiger charge is 2.32. The number of hydrogen-bond donors (Lipinski definition) is 2. The molecule has 126 valence electrons. The van der Waals surface area contributed by atoms with Crippen LogP contribution in [0.1, 0.15) is 16.1 Å². The molecule has 0 saturated carbocycles. The number of rotatable bonds is 4. The number of aromatic nitrogens is 3. The van der Waals surface area contributed by atoms with Gasteiger partial charge in [-0.2, -0.15) is 4.98 Å². The van der Waals surface area contributed by atoms with Gasteiger partial charge in [0, 0.05) is 6.20 Å². The first-order valence-corrected chi connectivity index (χ1v) is 7.27. The maximum atomic E-state index is 12.2. The molecule has 10 heteroatoms. The summed E-state index contributed by atoms with van der Waals surface area (Å²) in [5, 5.41) is 0.0141. The Morgan fingerprint density at radius 3 is 2.75 bits per heavy atom. The van der Waals surface area contributed by atoms with Crippen LogP contribution in [0, 0.1) is 0 Å². The summed E-state index contributed by atoms with van der Waals surface area (Å²) in [4.78, 5) is 36.8. The fourth-order valence-corrected chi connectivity index (χ4v) is 2.85.